The molecule has 84 valence electrons. The quantitative estimate of drug-likeness (QED) is 0.855. The summed E-state index contributed by atoms with van der Waals surface area (Å²) in [5.74, 6) is 0. The highest BCUT2D eigenvalue weighted by Crippen LogP contribution is 2.29. The van der Waals surface area contributed by atoms with Gasteiger partial charge in [-0.1, -0.05) is 12.1 Å². The molecule has 0 aliphatic heterocycles. The van der Waals surface area contributed by atoms with Crippen molar-refractivity contribution < 1.29 is 29.9 Å². The lowest BCUT2D eigenvalue weighted by Gasteiger charge is -2.11. The Morgan fingerprint density at radius 2 is 2.07 bits per heavy atom. The Hall–Kier alpha value is -1.07. The summed E-state index contributed by atoms with van der Waals surface area (Å²) in [6, 6.07) is 3.02. The molecule has 5 heteroatoms. The molecular formula is C10H11F3O2. The van der Waals surface area contributed by atoms with E-state index in [9.17, 15) is 18.3 Å². The normalized spacial score (nSPS) is 20.7. The third kappa shape index (κ3) is 3.21. The summed E-state index contributed by atoms with van der Waals surface area (Å²) < 4.78 is 76.1. The summed E-state index contributed by atoms with van der Waals surface area (Å²) in [4.78, 5) is 0. The molecule has 0 saturated heterocycles. The summed E-state index contributed by atoms with van der Waals surface area (Å²) in [6.07, 6.45) is -6.59. The van der Waals surface area contributed by atoms with Crippen molar-refractivity contribution in [3.05, 3.63) is 35.4 Å². The molecule has 1 aromatic carbocycles. The Balaban J connectivity index is 2.95. The predicted molar refractivity (Wildman–Crippen MR) is 48.3 cm³/mol. The zero-order valence-corrected chi connectivity index (χ0v) is 7.38. The molecule has 15 heavy (non-hydrogen) atoms. The van der Waals surface area contributed by atoms with Crippen molar-refractivity contribution in [1.29, 1.82) is 0 Å². The summed E-state index contributed by atoms with van der Waals surface area (Å²) in [5, 5.41) is 9.67. The molecular weight excluding hydrogens is 209 g/mol. The van der Waals surface area contributed by atoms with Crippen molar-refractivity contribution in [2.75, 3.05) is 13.6 Å². The highest BCUT2D eigenvalue weighted by Gasteiger charge is 2.30. The number of hydrogen-bond donors (Lipinski definition) is 1. The van der Waals surface area contributed by atoms with Crippen LogP contribution in [0.4, 0.5) is 13.2 Å². The Kier molecular flexibility index (Phi) is 2.01. The summed E-state index contributed by atoms with van der Waals surface area (Å²) in [5.41, 5.74) is -1.20. The van der Waals surface area contributed by atoms with E-state index in [1.165, 1.54) is 0 Å². The Bertz CT molecular complexity index is 455. The topological polar surface area (TPSA) is 29.5 Å². The zero-order chi connectivity index (χ0) is 15.8. The van der Waals surface area contributed by atoms with Crippen LogP contribution in [-0.2, 0) is 10.9 Å². The third-order valence-corrected chi connectivity index (χ3v) is 1.72. The molecule has 0 spiro atoms. The van der Waals surface area contributed by atoms with Crippen LogP contribution in [0.15, 0.2) is 24.3 Å². The Morgan fingerprint density at radius 3 is 2.53 bits per heavy atom. The molecule has 0 heterocycles. The number of aliphatic hydroxyl groups is 1. The van der Waals surface area contributed by atoms with E-state index in [1.54, 1.807) is 0 Å². The first kappa shape index (κ1) is 6.50. The minimum atomic E-state index is -4.56. The van der Waals surface area contributed by atoms with Gasteiger partial charge in [-0.15, -0.1) is 0 Å². The monoisotopic (exact) mass is 225 g/mol. The fourth-order valence-corrected chi connectivity index (χ4v) is 0.978. The van der Waals surface area contributed by atoms with Gasteiger partial charge in [0.1, 0.15) is 6.10 Å². The van der Waals surface area contributed by atoms with E-state index in [1.807, 2.05) is 0 Å². The number of rotatable bonds is 3. The molecule has 0 fully saturated rings. The Labute approximate surface area is 92.3 Å². The lowest BCUT2D eigenvalue weighted by Crippen LogP contribution is -2.07. The second kappa shape index (κ2) is 4.63. The maximum Gasteiger partial charge on any atom is 0.416 e. The van der Waals surface area contributed by atoms with Crippen LogP contribution in [0.5, 0.6) is 0 Å². The summed E-state index contributed by atoms with van der Waals surface area (Å²) in [7, 11) is -3.09. The van der Waals surface area contributed by atoms with E-state index in [0.717, 1.165) is 12.1 Å². The van der Waals surface area contributed by atoms with E-state index in [-0.39, 0.29) is 5.56 Å². The lowest BCUT2D eigenvalue weighted by atomic mass is 10.1. The predicted octanol–water partition coefficient (Wildman–Crippen LogP) is 2.39. The number of methoxy groups -OCH3 is 1. The average Bonchev–Trinajstić information content (AvgIpc) is 2.24. The number of ether oxygens (including phenoxy) is 1. The molecule has 1 rings (SSSR count). The molecule has 0 amide bonds. The van der Waals surface area contributed by atoms with Crippen LogP contribution >= 0.6 is 0 Å². The van der Waals surface area contributed by atoms with Crippen molar-refractivity contribution in [3.63, 3.8) is 0 Å². The average molecular weight is 225 g/mol. The smallest absolute Gasteiger partial charge is 0.386 e. The van der Waals surface area contributed by atoms with Gasteiger partial charge >= 0.3 is 6.18 Å². The summed E-state index contributed by atoms with van der Waals surface area (Å²) >= 11 is 0. The summed E-state index contributed by atoms with van der Waals surface area (Å²) in [6.45, 7) is -2.97. The van der Waals surface area contributed by atoms with Crippen LogP contribution in [0.1, 0.15) is 24.1 Å². The number of halogens is 3. The zero-order valence-electron chi connectivity index (χ0n) is 12.4. The van der Waals surface area contributed by atoms with Gasteiger partial charge in [0.05, 0.1) is 19.0 Å². The van der Waals surface area contributed by atoms with Crippen molar-refractivity contribution in [2.24, 2.45) is 0 Å². The number of aliphatic hydroxyl groups excluding tert-OH is 1. The van der Waals surface area contributed by atoms with E-state index in [0.29, 0.717) is 12.1 Å². The van der Waals surface area contributed by atoms with Gasteiger partial charge in [0.25, 0.3) is 0 Å². The van der Waals surface area contributed by atoms with Crippen LogP contribution in [0, 0.1) is 0 Å². The first-order valence-corrected chi connectivity index (χ1v) is 3.88. The number of alkyl halides is 3. The van der Waals surface area contributed by atoms with Crippen LogP contribution in [0.2, 0.25) is 0 Å². The molecule has 1 unspecified atom stereocenters. The van der Waals surface area contributed by atoms with E-state index >= 15 is 0 Å². The van der Waals surface area contributed by atoms with Gasteiger partial charge in [-0.05, 0) is 17.7 Å². The fraction of sp³-hybridized carbons (Fsp3) is 0.400. The van der Waals surface area contributed by atoms with Gasteiger partial charge in [0, 0.05) is 7.04 Å². The molecule has 0 saturated carbocycles. The second-order valence-corrected chi connectivity index (χ2v) is 2.74. The van der Waals surface area contributed by atoms with Crippen LogP contribution in [0.3, 0.4) is 0 Å². The molecule has 1 atom stereocenters. The molecule has 0 radical (unpaired) electrons. The molecule has 0 aromatic heterocycles. The molecule has 2 nitrogen and oxygen atoms in total. The van der Waals surface area contributed by atoms with Gasteiger partial charge in [0.2, 0.25) is 0 Å². The van der Waals surface area contributed by atoms with Gasteiger partial charge in [-0.3, -0.25) is 0 Å². The van der Waals surface area contributed by atoms with Crippen LogP contribution in [-0.4, -0.2) is 18.7 Å². The third-order valence-electron chi connectivity index (χ3n) is 1.72. The molecule has 1 N–H and O–H groups in total. The van der Waals surface area contributed by atoms with Crippen LogP contribution in [0.25, 0.3) is 0 Å². The number of benzene rings is 1. The molecule has 1 aromatic rings. The lowest BCUT2D eigenvalue weighted by molar-refractivity contribution is -0.137. The van der Waals surface area contributed by atoms with Gasteiger partial charge in [-0.2, -0.15) is 13.2 Å². The molecule has 0 bridgehead atoms. The van der Waals surface area contributed by atoms with Gasteiger partial charge in [-0.25, -0.2) is 0 Å². The van der Waals surface area contributed by atoms with Crippen molar-refractivity contribution >= 4 is 0 Å². The maximum atomic E-state index is 12.3. The van der Waals surface area contributed by atoms with E-state index < -0.39 is 31.4 Å². The SMILES string of the molecule is [2H]C([2H])([2H])OC([2H])([2H])C(O)c1ccc(C(F)(F)F)cc1. The van der Waals surface area contributed by atoms with E-state index in [4.69, 9.17) is 6.85 Å². The first-order valence-electron chi connectivity index (χ1n) is 6.38. The minimum absolute atomic E-state index is 0.229. The standard InChI is InChI=1S/C10H11F3O2/c1-15-6-9(14)7-2-4-8(5-3-7)10(11,12)13/h2-5,9,14H,6H2,1H3/i1D3,6D2. The first-order chi connectivity index (χ1) is 8.83. The van der Waals surface area contributed by atoms with Crippen molar-refractivity contribution in [1.82, 2.24) is 0 Å². The molecule has 0 aliphatic carbocycles. The second-order valence-electron chi connectivity index (χ2n) is 2.74. The van der Waals surface area contributed by atoms with Gasteiger partial charge in [0.15, 0.2) is 0 Å². The highest BCUT2D eigenvalue weighted by atomic mass is 19.4. The minimum Gasteiger partial charge on any atom is -0.386 e. The largest absolute Gasteiger partial charge is 0.416 e. The van der Waals surface area contributed by atoms with Crippen molar-refractivity contribution in [2.45, 2.75) is 12.3 Å². The van der Waals surface area contributed by atoms with E-state index in [2.05, 4.69) is 4.74 Å². The fourth-order valence-electron chi connectivity index (χ4n) is 0.978. The van der Waals surface area contributed by atoms with Crippen molar-refractivity contribution in [3.8, 4) is 0 Å². The van der Waals surface area contributed by atoms with Crippen LogP contribution < -0.4 is 0 Å². The molecule has 0 aliphatic rings. The number of hydrogen-bond acceptors (Lipinski definition) is 2. The highest BCUT2D eigenvalue weighted by molar-refractivity contribution is 5.25. The Morgan fingerprint density at radius 1 is 1.47 bits per heavy atom. The van der Waals surface area contributed by atoms with Gasteiger partial charge < -0.3 is 9.84 Å². The maximum absolute atomic E-state index is 12.3.